The van der Waals surface area contributed by atoms with Crippen molar-refractivity contribution >= 4 is 43.4 Å². The number of nitrogens with two attached hydrogens (primary N) is 2. The van der Waals surface area contributed by atoms with Crippen LogP contribution in [0.5, 0.6) is 0 Å². The molecule has 10 heteroatoms. The number of hydrogen-bond acceptors (Lipinski definition) is 5. The van der Waals surface area contributed by atoms with Gasteiger partial charge in [0.15, 0.2) is 5.96 Å². The van der Waals surface area contributed by atoms with Gasteiger partial charge < -0.3 is 11.5 Å². The van der Waals surface area contributed by atoms with E-state index in [4.69, 9.17) is 21.3 Å². The average molecular weight is 354 g/mol. The summed E-state index contributed by atoms with van der Waals surface area (Å²) in [4.78, 5) is 15.6. The highest BCUT2D eigenvalue weighted by atomic mass is 32.2. The molecule has 0 saturated carbocycles. The van der Waals surface area contributed by atoms with Crippen molar-refractivity contribution in [1.29, 1.82) is 5.26 Å². The number of amides is 1. The third-order valence-electron chi connectivity index (χ3n) is 2.46. The van der Waals surface area contributed by atoms with Crippen molar-refractivity contribution in [2.24, 2.45) is 16.5 Å². The third-order valence-corrected chi connectivity index (χ3v) is 3.55. The highest BCUT2D eigenvalue weighted by Gasteiger charge is 2.13. The van der Waals surface area contributed by atoms with Crippen LogP contribution in [-0.4, -0.2) is 31.1 Å². The summed E-state index contributed by atoms with van der Waals surface area (Å²) < 4.78 is 26.7. The van der Waals surface area contributed by atoms with Crippen LogP contribution in [0.15, 0.2) is 23.2 Å². The van der Waals surface area contributed by atoms with Gasteiger partial charge in [0.2, 0.25) is 0 Å². The first-order chi connectivity index (χ1) is 10.5. The fourth-order valence-electron chi connectivity index (χ4n) is 1.65. The van der Waals surface area contributed by atoms with E-state index < -0.39 is 16.0 Å². The van der Waals surface area contributed by atoms with E-state index in [0.29, 0.717) is 16.7 Å². The van der Waals surface area contributed by atoms with E-state index in [2.05, 4.69) is 11.1 Å². The second-order valence-corrected chi connectivity index (χ2v) is 7.02. The first kappa shape index (κ1) is 18.6. The molecule has 2 aromatic rings. The van der Waals surface area contributed by atoms with Gasteiger partial charge in [-0.15, -0.1) is 11.3 Å². The predicted octanol–water partition coefficient (Wildman–Crippen LogP) is 0.999. The van der Waals surface area contributed by atoms with E-state index in [1.807, 2.05) is 19.1 Å². The van der Waals surface area contributed by atoms with Gasteiger partial charge >= 0.3 is 0 Å². The molecule has 0 radical (unpaired) electrons. The largest absolute Gasteiger partial charge is 0.370 e. The standard InChI is InChI=1S/C12H10N4OS.CH4O3S/c1-6-2-3-9-7(8(6)5-13)4-10(18-9)11(17)16-12(14)15;1-5(2,3)4/h2-4H,1H3,(H4,14,15,16,17);1H3,(H,2,3,4). The summed E-state index contributed by atoms with van der Waals surface area (Å²) in [6.45, 7) is 1.85. The van der Waals surface area contributed by atoms with E-state index in [0.717, 1.165) is 15.6 Å². The normalized spacial score (nSPS) is 10.3. The molecular formula is C13H14N4O4S2. The number of thiophene rings is 1. The number of carbonyl (C=O) groups is 1. The SMILES string of the molecule is CS(=O)(=O)O.Cc1ccc2sc(C(=O)N=C(N)N)cc2c1C#N. The van der Waals surface area contributed by atoms with Crippen LogP contribution in [0.25, 0.3) is 10.1 Å². The van der Waals surface area contributed by atoms with Crippen molar-refractivity contribution in [1.82, 2.24) is 0 Å². The molecule has 122 valence electrons. The topological polar surface area (TPSA) is 160 Å². The monoisotopic (exact) mass is 354 g/mol. The van der Waals surface area contributed by atoms with Crippen molar-refractivity contribution in [3.63, 3.8) is 0 Å². The molecule has 0 spiro atoms. The van der Waals surface area contributed by atoms with Crippen LogP contribution in [0.2, 0.25) is 0 Å². The molecule has 0 aliphatic carbocycles. The van der Waals surface area contributed by atoms with E-state index in [1.54, 1.807) is 6.07 Å². The Hall–Kier alpha value is -2.48. The molecule has 1 aromatic carbocycles. The fourth-order valence-corrected chi connectivity index (χ4v) is 2.60. The number of guanidine groups is 1. The van der Waals surface area contributed by atoms with Crippen LogP contribution in [0, 0.1) is 18.3 Å². The molecule has 0 aliphatic rings. The highest BCUT2D eigenvalue weighted by Crippen LogP contribution is 2.30. The number of aryl methyl sites for hydroxylation is 1. The van der Waals surface area contributed by atoms with E-state index >= 15 is 0 Å². The van der Waals surface area contributed by atoms with Crippen LogP contribution in [0.4, 0.5) is 0 Å². The van der Waals surface area contributed by atoms with E-state index in [-0.39, 0.29) is 5.96 Å². The Labute approximate surface area is 136 Å². The first-order valence-corrected chi connectivity index (χ1v) is 8.69. The Bertz CT molecular complexity index is 911. The lowest BCUT2D eigenvalue weighted by molar-refractivity contribution is 0.101. The van der Waals surface area contributed by atoms with Crippen molar-refractivity contribution in [2.45, 2.75) is 6.92 Å². The lowest BCUT2D eigenvalue weighted by atomic mass is 10.1. The summed E-state index contributed by atoms with van der Waals surface area (Å²) in [5.41, 5.74) is 11.8. The molecule has 8 nitrogen and oxygen atoms in total. The van der Waals surface area contributed by atoms with Crippen molar-refractivity contribution < 1.29 is 17.8 Å². The molecule has 0 unspecified atom stereocenters. The van der Waals surface area contributed by atoms with Gasteiger partial charge in [-0.05, 0) is 24.6 Å². The highest BCUT2D eigenvalue weighted by molar-refractivity contribution is 7.85. The van der Waals surface area contributed by atoms with Gasteiger partial charge in [0.1, 0.15) is 6.07 Å². The summed E-state index contributed by atoms with van der Waals surface area (Å²) in [6, 6.07) is 7.53. The van der Waals surface area contributed by atoms with Gasteiger partial charge in [-0.25, -0.2) is 0 Å². The van der Waals surface area contributed by atoms with Gasteiger partial charge in [-0.2, -0.15) is 18.7 Å². The minimum Gasteiger partial charge on any atom is -0.370 e. The van der Waals surface area contributed by atoms with Gasteiger partial charge in [-0.3, -0.25) is 9.35 Å². The molecule has 2 rings (SSSR count). The van der Waals surface area contributed by atoms with Crippen LogP contribution >= 0.6 is 11.3 Å². The van der Waals surface area contributed by atoms with Crippen molar-refractivity contribution in [3.8, 4) is 6.07 Å². The quantitative estimate of drug-likeness (QED) is 0.391. The molecule has 1 aromatic heterocycles. The average Bonchev–Trinajstić information content (AvgIpc) is 2.80. The van der Waals surface area contributed by atoms with E-state index in [1.165, 1.54) is 11.3 Å². The smallest absolute Gasteiger partial charge is 0.290 e. The maximum atomic E-state index is 11.7. The van der Waals surface area contributed by atoms with Crippen LogP contribution < -0.4 is 11.5 Å². The zero-order chi connectivity index (χ0) is 17.8. The number of fused-ring (bicyclic) bond motifs is 1. The molecule has 0 fully saturated rings. The van der Waals surface area contributed by atoms with Gasteiger partial charge in [0.05, 0.1) is 16.7 Å². The number of rotatable bonds is 1. The molecule has 23 heavy (non-hydrogen) atoms. The number of carbonyl (C=O) groups excluding carboxylic acids is 1. The molecule has 5 N–H and O–H groups in total. The molecule has 1 heterocycles. The molecule has 0 atom stereocenters. The minimum absolute atomic E-state index is 0.269. The maximum absolute atomic E-state index is 11.7. The Balaban J connectivity index is 0.000000463. The Kier molecular flexibility index (Phi) is 5.80. The lowest BCUT2D eigenvalue weighted by Gasteiger charge is -1.96. The third kappa shape index (κ3) is 5.67. The van der Waals surface area contributed by atoms with Gasteiger partial charge in [-0.1, -0.05) is 6.07 Å². The summed E-state index contributed by atoms with van der Waals surface area (Å²) in [5.74, 6) is -0.758. The zero-order valence-corrected chi connectivity index (χ0v) is 13.9. The number of nitrogens with zero attached hydrogens (tertiary/aromatic N) is 2. The predicted molar refractivity (Wildman–Crippen MR) is 88.9 cm³/mol. The number of benzene rings is 1. The summed E-state index contributed by atoms with van der Waals surface area (Å²) in [7, 11) is -3.67. The number of nitriles is 1. The fraction of sp³-hybridized carbons (Fsp3) is 0.154. The maximum Gasteiger partial charge on any atom is 0.290 e. The summed E-state index contributed by atoms with van der Waals surface area (Å²) in [6.07, 6.45) is 0.715. The van der Waals surface area contributed by atoms with Crippen LogP contribution in [0.1, 0.15) is 20.8 Å². The molecule has 0 aliphatic heterocycles. The van der Waals surface area contributed by atoms with Crippen LogP contribution in [-0.2, 0) is 10.1 Å². The molecule has 1 amide bonds. The minimum atomic E-state index is -3.67. The Morgan fingerprint density at radius 1 is 1.39 bits per heavy atom. The molecule has 0 saturated heterocycles. The second kappa shape index (κ2) is 7.19. The lowest BCUT2D eigenvalue weighted by Crippen LogP contribution is -2.24. The van der Waals surface area contributed by atoms with E-state index in [9.17, 15) is 13.2 Å². The molecular weight excluding hydrogens is 340 g/mol. The zero-order valence-electron chi connectivity index (χ0n) is 12.3. The van der Waals surface area contributed by atoms with Crippen molar-refractivity contribution in [3.05, 3.63) is 34.2 Å². The number of hydrogen-bond donors (Lipinski definition) is 3. The number of aliphatic imine (C=N–C) groups is 1. The Morgan fingerprint density at radius 3 is 2.43 bits per heavy atom. The van der Waals surface area contributed by atoms with Gasteiger partial charge in [0.25, 0.3) is 16.0 Å². The van der Waals surface area contributed by atoms with Crippen LogP contribution in [0.3, 0.4) is 0 Å². The van der Waals surface area contributed by atoms with Crippen molar-refractivity contribution in [2.75, 3.05) is 6.26 Å². The second-order valence-electron chi connectivity index (χ2n) is 4.47. The van der Waals surface area contributed by atoms with Gasteiger partial charge in [0, 0.05) is 10.1 Å². The Morgan fingerprint density at radius 2 is 1.96 bits per heavy atom. The first-order valence-electron chi connectivity index (χ1n) is 6.02. The summed E-state index contributed by atoms with van der Waals surface area (Å²) in [5, 5.41) is 9.87. The molecule has 0 bridgehead atoms. The summed E-state index contributed by atoms with van der Waals surface area (Å²) >= 11 is 1.27.